The van der Waals surface area contributed by atoms with Gasteiger partial charge < -0.3 is 10.2 Å². The Balaban J connectivity index is 2.16. The van der Waals surface area contributed by atoms with E-state index < -0.39 is 5.60 Å². The lowest BCUT2D eigenvalue weighted by Gasteiger charge is -2.46. The van der Waals surface area contributed by atoms with Crippen molar-refractivity contribution in [1.82, 2.24) is 0 Å². The Kier molecular flexibility index (Phi) is 3.37. The monoisotopic (exact) mass is 234 g/mol. The minimum atomic E-state index is -0.590. The van der Waals surface area contributed by atoms with Gasteiger partial charge in [-0.25, -0.2) is 0 Å². The van der Waals surface area contributed by atoms with Crippen LogP contribution in [-0.4, -0.2) is 45.4 Å². The molecule has 0 aromatic rings. The van der Waals surface area contributed by atoms with Gasteiger partial charge in [0.2, 0.25) is 0 Å². The SMILES string of the molecule is OCC1(C2(O)CCSC2)CCSCC1. The highest BCUT2D eigenvalue weighted by molar-refractivity contribution is 7.99. The van der Waals surface area contributed by atoms with E-state index in [1.807, 2.05) is 23.5 Å². The predicted octanol–water partition coefficient (Wildman–Crippen LogP) is 1.36. The summed E-state index contributed by atoms with van der Waals surface area (Å²) in [6.07, 6.45) is 2.82. The Labute approximate surface area is 93.8 Å². The highest BCUT2D eigenvalue weighted by Crippen LogP contribution is 2.49. The van der Waals surface area contributed by atoms with Crippen LogP contribution < -0.4 is 0 Å². The maximum Gasteiger partial charge on any atom is 0.0823 e. The van der Waals surface area contributed by atoms with E-state index in [-0.39, 0.29) is 12.0 Å². The van der Waals surface area contributed by atoms with Crippen molar-refractivity contribution >= 4 is 23.5 Å². The van der Waals surface area contributed by atoms with Crippen LogP contribution in [0.1, 0.15) is 19.3 Å². The van der Waals surface area contributed by atoms with Gasteiger partial charge in [0.1, 0.15) is 0 Å². The summed E-state index contributed by atoms with van der Waals surface area (Å²) in [6.45, 7) is 0.157. The van der Waals surface area contributed by atoms with Crippen LogP contribution in [0.4, 0.5) is 0 Å². The van der Waals surface area contributed by atoms with Crippen molar-refractivity contribution in [1.29, 1.82) is 0 Å². The van der Waals surface area contributed by atoms with Gasteiger partial charge in [0.05, 0.1) is 12.2 Å². The Morgan fingerprint density at radius 1 is 1.00 bits per heavy atom. The van der Waals surface area contributed by atoms with Crippen LogP contribution in [0.2, 0.25) is 0 Å². The highest BCUT2D eigenvalue weighted by Gasteiger charge is 2.51. The molecule has 0 radical (unpaired) electrons. The molecule has 2 nitrogen and oxygen atoms in total. The van der Waals surface area contributed by atoms with Crippen LogP contribution in [0.25, 0.3) is 0 Å². The fraction of sp³-hybridized carbons (Fsp3) is 1.00. The third-order valence-corrected chi connectivity index (χ3v) is 5.90. The van der Waals surface area contributed by atoms with E-state index >= 15 is 0 Å². The number of aliphatic hydroxyl groups excluding tert-OH is 1. The van der Waals surface area contributed by atoms with E-state index in [9.17, 15) is 10.2 Å². The van der Waals surface area contributed by atoms with E-state index in [4.69, 9.17) is 0 Å². The molecular weight excluding hydrogens is 216 g/mol. The van der Waals surface area contributed by atoms with E-state index in [0.29, 0.717) is 0 Å². The largest absolute Gasteiger partial charge is 0.396 e. The molecule has 2 saturated heterocycles. The minimum absolute atomic E-state index is 0.157. The van der Waals surface area contributed by atoms with Crippen LogP contribution in [-0.2, 0) is 0 Å². The van der Waals surface area contributed by atoms with Crippen molar-refractivity contribution in [3.63, 3.8) is 0 Å². The Bertz CT molecular complexity index is 196. The fourth-order valence-electron chi connectivity index (χ4n) is 2.51. The van der Waals surface area contributed by atoms with Gasteiger partial charge >= 0.3 is 0 Å². The predicted molar refractivity (Wildman–Crippen MR) is 63.0 cm³/mol. The van der Waals surface area contributed by atoms with E-state index in [0.717, 1.165) is 42.3 Å². The second-order valence-corrected chi connectivity index (χ2v) is 6.71. The van der Waals surface area contributed by atoms with Crippen LogP contribution in [0, 0.1) is 5.41 Å². The number of aliphatic hydroxyl groups is 2. The van der Waals surface area contributed by atoms with Gasteiger partial charge in [-0.05, 0) is 36.5 Å². The molecule has 0 bridgehead atoms. The molecule has 2 heterocycles. The fourth-order valence-corrected chi connectivity index (χ4v) is 5.19. The third kappa shape index (κ3) is 1.70. The zero-order valence-electron chi connectivity index (χ0n) is 8.37. The molecule has 2 aliphatic heterocycles. The first kappa shape index (κ1) is 11.1. The van der Waals surface area contributed by atoms with Crippen LogP contribution in [0.5, 0.6) is 0 Å². The Morgan fingerprint density at radius 2 is 1.64 bits per heavy atom. The maximum absolute atomic E-state index is 10.6. The maximum atomic E-state index is 10.6. The van der Waals surface area contributed by atoms with Gasteiger partial charge in [-0.1, -0.05) is 0 Å². The first-order chi connectivity index (χ1) is 6.72. The average Bonchev–Trinajstić information content (AvgIpc) is 2.68. The number of rotatable bonds is 2. The van der Waals surface area contributed by atoms with Gasteiger partial charge in [-0.2, -0.15) is 23.5 Å². The Morgan fingerprint density at radius 3 is 2.14 bits per heavy atom. The third-order valence-electron chi connectivity index (χ3n) is 3.74. The van der Waals surface area contributed by atoms with Crippen LogP contribution in [0.3, 0.4) is 0 Å². The summed E-state index contributed by atoms with van der Waals surface area (Å²) in [4.78, 5) is 0. The average molecular weight is 234 g/mol. The lowest BCUT2D eigenvalue weighted by molar-refractivity contribution is -0.0962. The van der Waals surface area contributed by atoms with Gasteiger partial charge in [0.25, 0.3) is 0 Å². The molecule has 82 valence electrons. The smallest absolute Gasteiger partial charge is 0.0823 e. The molecule has 1 unspecified atom stereocenters. The summed E-state index contributed by atoms with van der Waals surface area (Å²) >= 11 is 3.76. The lowest BCUT2D eigenvalue weighted by atomic mass is 9.68. The lowest BCUT2D eigenvalue weighted by Crippen LogP contribution is -2.52. The second-order valence-electron chi connectivity index (χ2n) is 4.38. The molecule has 0 spiro atoms. The van der Waals surface area contributed by atoms with Crippen molar-refractivity contribution in [2.75, 3.05) is 29.6 Å². The van der Waals surface area contributed by atoms with Crippen LogP contribution in [0.15, 0.2) is 0 Å². The highest BCUT2D eigenvalue weighted by atomic mass is 32.2. The second kappa shape index (κ2) is 4.24. The van der Waals surface area contributed by atoms with Gasteiger partial charge in [0.15, 0.2) is 0 Å². The zero-order chi connectivity index (χ0) is 10.1. The van der Waals surface area contributed by atoms with Gasteiger partial charge in [-0.15, -0.1) is 0 Å². The number of hydrogen-bond donors (Lipinski definition) is 2. The van der Waals surface area contributed by atoms with Crippen molar-refractivity contribution < 1.29 is 10.2 Å². The number of thioether (sulfide) groups is 2. The first-order valence-corrected chi connectivity index (χ1v) is 7.52. The van der Waals surface area contributed by atoms with Crippen molar-refractivity contribution in [2.24, 2.45) is 5.41 Å². The zero-order valence-corrected chi connectivity index (χ0v) is 10.0. The molecule has 14 heavy (non-hydrogen) atoms. The topological polar surface area (TPSA) is 40.5 Å². The van der Waals surface area contributed by atoms with E-state index in [1.54, 1.807) is 0 Å². The van der Waals surface area contributed by atoms with E-state index in [2.05, 4.69) is 0 Å². The normalized spacial score (nSPS) is 37.3. The molecule has 0 saturated carbocycles. The summed E-state index contributed by atoms with van der Waals surface area (Å²) in [7, 11) is 0. The molecule has 2 aliphatic rings. The molecule has 0 aromatic carbocycles. The molecule has 0 amide bonds. The quantitative estimate of drug-likeness (QED) is 0.757. The molecule has 2 rings (SSSR count). The van der Waals surface area contributed by atoms with Crippen molar-refractivity contribution in [2.45, 2.75) is 24.9 Å². The first-order valence-electron chi connectivity index (χ1n) is 5.21. The minimum Gasteiger partial charge on any atom is -0.396 e. The molecule has 4 heteroatoms. The van der Waals surface area contributed by atoms with Crippen molar-refractivity contribution in [3.8, 4) is 0 Å². The standard InChI is InChI=1S/C10H18O2S2/c11-7-9(1-4-13-5-2-9)10(12)3-6-14-8-10/h11-12H,1-8H2. The summed E-state index contributed by atoms with van der Waals surface area (Å²) in [5.74, 6) is 4.05. The summed E-state index contributed by atoms with van der Waals surface area (Å²) < 4.78 is 0. The molecular formula is C10H18O2S2. The molecule has 0 aliphatic carbocycles. The van der Waals surface area contributed by atoms with E-state index in [1.165, 1.54) is 0 Å². The summed E-state index contributed by atoms with van der Waals surface area (Å²) in [5, 5.41) is 20.2. The van der Waals surface area contributed by atoms with Gasteiger partial charge in [-0.3, -0.25) is 0 Å². The number of hydrogen-bond acceptors (Lipinski definition) is 4. The molecule has 2 N–H and O–H groups in total. The summed E-state index contributed by atoms with van der Waals surface area (Å²) in [6, 6.07) is 0. The van der Waals surface area contributed by atoms with Gasteiger partial charge in [0, 0.05) is 11.2 Å². The molecule has 2 fully saturated rings. The van der Waals surface area contributed by atoms with Crippen LogP contribution >= 0.6 is 23.5 Å². The van der Waals surface area contributed by atoms with Crippen molar-refractivity contribution in [3.05, 3.63) is 0 Å². The Hall–Kier alpha value is 0.620. The molecule has 0 aromatic heterocycles. The summed E-state index contributed by atoms with van der Waals surface area (Å²) in [5.41, 5.74) is -0.783. The molecule has 1 atom stereocenters.